The maximum absolute atomic E-state index is 4.49. The van der Waals surface area contributed by atoms with Gasteiger partial charge in [0.05, 0.1) is 0 Å². The minimum absolute atomic E-state index is 0.0530. The molecule has 0 saturated heterocycles. The highest BCUT2D eigenvalue weighted by molar-refractivity contribution is 5.96. The first-order chi connectivity index (χ1) is 9.64. The summed E-state index contributed by atoms with van der Waals surface area (Å²) in [5.74, 6) is 0.900. The van der Waals surface area contributed by atoms with Gasteiger partial charge in [0.2, 0.25) is 0 Å². The van der Waals surface area contributed by atoms with E-state index in [2.05, 4.69) is 43.9 Å². The molecule has 0 saturated carbocycles. The molecule has 0 aromatic rings. The summed E-state index contributed by atoms with van der Waals surface area (Å²) in [6.07, 6.45) is 14.9. The average Bonchev–Trinajstić information content (AvgIpc) is 2.46. The van der Waals surface area contributed by atoms with E-state index in [-0.39, 0.29) is 5.41 Å². The molecule has 1 unspecified atom stereocenters. The molecular formula is C18H32N2. The van der Waals surface area contributed by atoms with Crippen molar-refractivity contribution in [3.05, 3.63) is 25.4 Å². The lowest BCUT2D eigenvalue weighted by Gasteiger charge is -2.29. The zero-order valence-corrected chi connectivity index (χ0v) is 13.7. The summed E-state index contributed by atoms with van der Waals surface area (Å²) >= 11 is 0. The molecule has 0 aliphatic heterocycles. The summed E-state index contributed by atoms with van der Waals surface area (Å²) in [5, 5.41) is 0. The predicted octanol–water partition coefficient (Wildman–Crippen LogP) is 5.95. The molecule has 0 bridgehead atoms. The van der Waals surface area contributed by atoms with Crippen molar-refractivity contribution >= 4 is 12.1 Å². The first-order valence-electron chi connectivity index (χ1n) is 7.98. The maximum Gasteiger partial charge on any atom is 0.134 e. The van der Waals surface area contributed by atoms with Crippen molar-refractivity contribution in [2.75, 3.05) is 0 Å². The van der Waals surface area contributed by atoms with Crippen LogP contribution in [-0.4, -0.2) is 12.1 Å². The Balaban J connectivity index is 4.93. The number of nitrogens with zero attached hydrogens (tertiary/aromatic N) is 2. The molecule has 0 spiro atoms. The smallest absolute Gasteiger partial charge is 0.134 e. The molecule has 20 heavy (non-hydrogen) atoms. The van der Waals surface area contributed by atoms with Crippen molar-refractivity contribution in [3.8, 4) is 0 Å². The third kappa shape index (κ3) is 7.42. The number of aliphatic imine (C=N–C) groups is 2. The minimum Gasteiger partial charge on any atom is -0.241 e. The maximum atomic E-state index is 4.49. The zero-order chi connectivity index (χ0) is 15.3. The second-order valence-electron chi connectivity index (χ2n) is 5.62. The molecule has 0 aromatic heterocycles. The molecular weight excluding hydrogens is 244 g/mol. The van der Waals surface area contributed by atoms with Crippen LogP contribution in [0, 0.1) is 5.41 Å². The third-order valence-corrected chi connectivity index (χ3v) is 3.72. The Morgan fingerprint density at radius 3 is 2.20 bits per heavy atom. The fourth-order valence-corrected chi connectivity index (χ4v) is 2.41. The molecule has 0 rings (SSSR count). The Hall–Kier alpha value is -1.18. The van der Waals surface area contributed by atoms with Gasteiger partial charge in [-0.3, -0.25) is 0 Å². The van der Waals surface area contributed by atoms with Crippen LogP contribution in [-0.2, 0) is 0 Å². The summed E-state index contributed by atoms with van der Waals surface area (Å²) in [4.78, 5) is 8.91. The van der Waals surface area contributed by atoms with Gasteiger partial charge in [-0.05, 0) is 12.8 Å². The van der Waals surface area contributed by atoms with Crippen LogP contribution < -0.4 is 0 Å². The quantitative estimate of drug-likeness (QED) is 0.253. The molecule has 0 heterocycles. The number of hydrogen-bond donors (Lipinski definition) is 0. The average molecular weight is 276 g/mol. The molecule has 0 N–H and O–H groups in total. The van der Waals surface area contributed by atoms with Gasteiger partial charge < -0.3 is 0 Å². The van der Waals surface area contributed by atoms with Crippen LogP contribution in [0.25, 0.3) is 0 Å². The van der Waals surface area contributed by atoms with Crippen LogP contribution in [0.5, 0.6) is 0 Å². The molecule has 1 atom stereocenters. The molecule has 2 heteroatoms. The highest BCUT2D eigenvalue weighted by atomic mass is 14.9. The topological polar surface area (TPSA) is 24.7 Å². The van der Waals surface area contributed by atoms with Crippen molar-refractivity contribution in [1.82, 2.24) is 0 Å². The number of hydrogen-bond acceptors (Lipinski definition) is 1. The van der Waals surface area contributed by atoms with E-state index in [1.807, 2.05) is 0 Å². The summed E-state index contributed by atoms with van der Waals surface area (Å²) in [5.41, 5.74) is 0.0530. The lowest BCUT2D eigenvalue weighted by atomic mass is 9.78. The first kappa shape index (κ1) is 18.8. The lowest BCUT2D eigenvalue weighted by Crippen LogP contribution is -2.26. The summed E-state index contributed by atoms with van der Waals surface area (Å²) in [6, 6.07) is 0. The molecule has 0 fully saturated rings. The highest BCUT2D eigenvalue weighted by Gasteiger charge is 2.29. The second kappa shape index (κ2) is 11.6. The summed E-state index contributed by atoms with van der Waals surface area (Å²) in [7, 11) is 0. The van der Waals surface area contributed by atoms with Crippen LogP contribution >= 0.6 is 0 Å². The number of rotatable bonds is 11. The third-order valence-electron chi connectivity index (χ3n) is 3.72. The Morgan fingerprint density at radius 1 is 1.00 bits per heavy atom. The number of amidine groups is 1. The molecule has 0 amide bonds. The number of allylic oxidation sites excluding steroid dienone is 1. The van der Waals surface area contributed by atoms with Crippen LogP contribution in [0.15, 0.2) is 35.4 Å². The normalized spacial score (nSPS) is 15.2. The summed E-state index contributed by atoms with van der Waals surface area (Å²) < 4.78 is 0. The van der Waals surface area contributed by atoms with Crippen LogP contribution in [0.4, 0.5) is 0 Å². The zero-order valence-electron chi connectivity index (χ0n) is 13.7. The van der Waals surface area contributed by atoms with Crippen molar-refractivity contribution in [2.45, 2.75) is 72.1 Å². The van der Waals surface area contributed by atoms with Crippen molar-refractivity contribution in [3.63, 3.8) is 0 Å². The van der Waals surface area contributed by atoms with E-state index in [1.54, 1.807) is 18.5 Å². The Bertz CT molecular complexity index is 328. The highest BCUT2D eigenvalue weighted by Crippen LogP contribution is 2.33. The van der Waals surface area contributed by atoms with Gasteiger partial charge in [-0.25, -0.2) is 9.98 Å². The predicted molar refractivity (Wildman–Crippen MR) is 92.7 cm³/mol. The van der Waals surface area contributed by atoms with E-state index in [0.717, 1.165) is 18.7 Å². The van der Waals surface area contributed by atoms with Gasteiger partial charge in [0.1, 0.15) is 5.84 Å². The molecule has 114 valence electrons. The SMILES string of the molecule is C=C/C=N\C(=N/C=C)C(C)(CCCC)CCCCCC. The van der Waals surface area contributed by atoms with Gasteiger partial charge in [0, 0.05) is 17.8 Å². The van der Waals surface area contributed by atoms with E-state index >= 15 is 0 Å². The monoisotopic (exact) mass is 276 g/mol. The van der Waals surface area contributed by atoms with Crippen molar-refractivity contribution in [2.24, 2.45) is 15.4 Å². The van der Waals surface area contributed by atoms with Gasteiger partial charge in [0.15, 0.2) is 0 Å². The Kier molecular flexibility index (Phi) is 10.9. The number of unbranched alkanes of at least 4 members (excludes halogenated alkanes) is 4. The van der Waals surface area contributed by atoms with Gasteiger partial charge in [-0.2, -0.15) is 0 Å². The first-order valence-corrected chi connectivity index (χ1v) is 7.98. The largest absolute Gasteiger partial charge is 0.241 e. The Morgan fingerprint density at radius 2 is 1.65 bits per heavy atom. The Labute approximate surface area is 125 Å². The molecule has 0 aromatic carbocycles. The van der Waals surface area contributed by atoms with E-state index in [4.69, 9.17) is 0 Å². The minimum atomic E-state index is 0.0530. The van der Waals surface area contributed by atoms with Crippen molar-refractivity contribution in [1.29, 1.82) is 0 Å². The van der Waals surface area contributed by atoms with E-state index in [1.165, 1.54) is 38.5 Å². The van der Waals surface area contributed by atoms with E-state index in [0.29, 0.717) is 0 Å². The van der Waals surface area contributed by atoms with Gasteiger partial charge in [-0.15, -0.1) is 0 Å². The molecule has 0 aliphatic rings. The van der Waals surface area contributed by atoms with Crippen LogP contribution in [0.2, 0.25) is 0 Å². The molecule has 0 radical (unpaired) electrons. The molecule has 0 aliphatic carbocycles. The van der Waals surface area contributed by atoms with Crippen LogP contribution in [0.1, 0.15) is 72.1 Å². The fraction of sp³-hybridized carbons (Fsp3) is 0.667. The van der Waals surface area contributed by atoms with Crippen LogP contribution in [0.3, 0.4) is 0 Å². The summed E-state index contributed by atoms with van der Waals surface area (Å²) in [6.45, 7) is 14.2. The lowest BCUT2D eigenvalue weighted by molar-refractivity contribution is 0.360. The van der Waals surface area contributed by atoms with E-state index in [9.17, 15) is 0 Å². The fourth-order valence-electron chi connectivity index (χ4n) is 2.41. The van der Waals surface area contributed by atoms with E-state index < -0.39 is 0 Å². The van der Waals surface area contributed by atoms with Crippen molar-refractivity contribution < 1.29 is 0 Å². The van der Waals surface area contributed by atoms with Gasteiger partial charge in [-0.1, -0.05) is 78.5 Å². The molecule has 2 nitrogen and oxygen atoms in total. The van der Waals surface area contributed by atoms with Gasteiger partial charge >= 0.3 is 0 Å². The standard InChI is InChI=1S/C18H32N2/c1-6-10-12-13-15-18(5,14-11-7-2)17(19-9-4)20-16-8-3/h8-9,16H,3-4,6-7,10-15H2,1-2,5H3/b19-17-,20-16-. The second-order valence-corrected chi connectivity index (χ2v) is 5.62. The van der Waals surface area contributed by atoms with Gasteiger partial charge in [0.25, 0.3) is 0 Å².